The molecule has 1 aromatic heterocycles. The number of carbonyl (C=O) groups excluding carboxylic acids is 1. The summed E-state index contributed by atoms with van der Waals surface area (Å²) in [6.07, 6.45) is 5.87. The smallest absolute Gasteiger partial charge is 0.264 e. The third-order valence-corrected chi connectivity index (χ3v) is 3.64. The molecule has 1 aliphatic rings. The molecule has 1 atom stereocenters. The van der Waals surface area contributed by atoms with Crippen LogP contribution in [0.1, 0.15) is 17.7 Å². The molecule has 0 saturated carbocycles. The third kappa shape index (κ3) is 4.34. The Morgan fingerprint density at radius 2 is 2.12 bits per heavy atom. The number of carbonyl (C=O) groups is 1. The Labute approximate surface area is 138 Å². The molecular formula is C17H17FN4O2. The summed E-state index contributed by atoms with van der Waals surface area (Å²) in [7, 11) is 0. The lowest BCUT2D eigenvalue weighted by atomic mass is 10.0. The maximum atomic E-state index is 12.9. The Kier molecular flexibility index (Phi) is 5.10. The van der Waals surface area contributed by atoms with Crippen LogP contribution < -0.4 is 5.32 Å². The Hall–Kier alpha value is -2.83. The highest BCUT2D eigenvalue weighted by Gasteiger charge is 2.27. The van der Waals surface area contributed by atoms with Gasteiger partial charge in [-0.15, -0.1) is 0 Å². The summed E-state index contributed by atoms with van der Waals surface area (Å²) in [6, 6.07) is 6.21. The van der Waals surface area contributed by atoms with E-state index in [9.17, 15) is 9.18 Å². The van der Waals surface area contributed by atoms with Gasteiger partial charge in [-0.1, -0.05) is 17.3 Å². The number of rotatable bonds is 6. The van der Waals surface area contributed by atoms with E-state index in [4.69, 9.17) is 4.84 Å². The standard InChI is InChI=1S/C17H17FN4O2/c18-13-3-1-12(2-4-13)9-15-10-16(24-22-15)17(23)21-6-5-14-11-19-7-8-20-14/h1-4,7-8,11,16H,5-6,9-10H2,(H,21,23)/t16-/m1/s1. The zero-order chi connectivity index (χ0) is 16.8. The molecule has 0 aliphatic carbocycles. The van der Waals surface area contributed by atoms with Crippen LogP contribution >= 0.6 is 0 Å². The van der Waals surface area contributed by atoms with Crippen LogP contribution in [-0.2, 0) is 22.5 Å². The molecule has 0 unspecified atom stereocenters. The van der Waals surface area contributed by atoms with Gasteiger partial charge < -0.3 is 10.2 Å². The molecule has 2 heterocycles. The first-order chi connectivity index (χ1) is 11.7. The van der Waals surface area contributed by atoms with Crippen molar-refractivity contribution in [3.05, 3.63) is 59.9 Å². The fourth-order valence-corrected chi connectivity index (χ4v) is 2.40. The monoisotopic (exact) mass is 328 g/mol. The van der Waals surface area contributed by atoms with Gasteiger partial charge in [-0.3, -0.25) is 14.8 Å². The number of nitrogens with zero attached hydrogens (tertiary/aromatic N) is 3. The molecule has 24 heavy (non-hydrogen) atoms. The zero-order valence-corrected chi connectivity index (χ0v) is 13.0. The number of nitrogens with one attached hydrogen (secondary N) is 1. The van der Waals surface area contributed by atoms with Gasteiger partial charge in [-0.2, -0.15) is 0 Å². The molecule has 7 heteroatoms. The Bertz CT molecular complexity index is 719. The predicted molar refractivity (Wildman–Crippen MR) is 85.8 cm³/mol. The molecule has 0 saturated heterocycles. The van der Waals surface area contributed by atoms with Gasteiger partial charge in [-0.25, -0.2) is 4.39 Å². The summed E-state index contributed by atoms with van der Waals surface area (Å²) in [6.45, 7) is 0.463. The lowest BCUT2D eigenvalue weighted by Gasteiger charge is -2.09. The molecular weight excluding hydrogens is 311 g/mol. The van der Waals surface area contributed by atoms with Crippen molar-refractivity contribution in [2.24, 2.45) is 5.16 Å². The second-order valence-corrected chi connectivity index (χ2v) is 5.50. The fraction of sp³-hybridized carbons (Fsp3) is 0.294. The van der Waals surface area contributed by atoms with Gasteiger partial charge in [0.05, 0.1) is 11.4 Å². The molecule has 0 fully saturated rings. The SMILES string of the molecule is O=C(NCCc1cnccn1)[C@H]1CC(Cc2ccc(F)cc2)=NO1. The second kappa shape index (κ2) is 7.63. The first-order valence-electron chi connectivity index (χ1n) is 7.69. The van der Waals surface area contributed by atoms with Crippen LogP contribution in [0.2, 0.25) is 0 Å². The molecule has 1 aromatic carbocycles. The number of hydrogen-bond acceptors (Lipinski definition) is 5. The van der Waals surface area contributed by atoms with Gasteiger partial charge in [0.25, 0.3) is 5.91 Å². The molecule has 3 rings (SSSR count). The molecule has 0 spiro atoms. The highest BCUT2D eigenvalue weighted by Crippen LogP contribution is 2.15. The molecule has 1 aliphatic heterocycles. The van der Waals surface area contributed by atoms with E-state index in [1.54, 1.807) is 30.7 Å². The van der Waals surface area contributed by atoms with Crippen molar-refractivity contribution in [2.75, 3.05) is 6.54 Å². The fourth-order valence-electron chi connectivity index (χ4n) is 2.40. The highest BCUT2D eigenvalue weighted by molar-refractivity contribution is 5.93. The van der Waals surface area contributed by atoms with Gasteiger partial charge in [0.2, 0.25) is 6.10 Å². The number of oxime groups is 1. The quantitative estimate of drug-likeness (QED) is 0.875. The van der Waals surface area contributed by atoms with Crippen molar-refractivity contribution >= 4 is 11.6 Å². The Morgan fingerprint density at radius 1 is 1.29 bits per heavy atom. The van der Waals surface area contributed by atoms with Crippen LogP contribution in [0.15, 0.2) is 48.0 Å². The lowest BCUT2D eigenvalue weighted by Crippen LogP contribution is -2.36. The van der Waals surface area contributed by atoms with E-state index in [2.05, 4.69) is 20.4 Å². The number of halogens is 1. The molecule has 0 bridgehead atoms. The van der Waals surface area contributed by atoms with Gasteiger partial charge in [0.15, 0.2) is 0 Å². The number of aromatic nitrogens is 2. The van der Waals surface area contributed by atoms with Crippen molar-refractivity contribution in [1.29, 1.82) is 0 Å². The third-order valence-electron chi connectivity index (χ3n) is 3.64. The van der Waals surface area contributed by atoms with Gasteiger partial charge in [-0.05, 0) is 17.7 Å². The van der Waals surface area contributed by atoms with E-state index in [1.807, 2.05) is 0 Å². The average molecular weight is 328 g/mol. The van der Waals surface area contributed by atoms with E-state index in [0.29, 0.717) is 25.8 Å². The van der Waals surface area contributed by atoms with E-state index in [1.165, 1.54) is 12.1 Å². The first kappa shape index (κ1) is 16.0. The summed E-state index contributed by atoms with van der Waals surface area (Å²) in [4.78, 5) is 25.4. The lowest BCUT2D eigenvalue weighted by molar-refractivity contribution is -0.131. The van der Waals surface area contributed by atoms with Crippen molar-refractivity contribution < 1.29 is 14.0 Å². The molecule has 1 amide bonds. The summed E-state index contributed by atoms with van der Waals surface area (Å²) in [5.41, 5.74) is 2.52. The van der Waals surface area contributed by atoms with Gasteiger partial charge in [0, 0.05) is 44.4 Å². The van der Waals surface area contributed by atoms with Crippen molar-refractivity contribution in [3.63, 3.8) is 0 Å². The summed E-state index contributed by atoms with van der Waals surface area (Å²) in [5.74, 6) is -0.472. The van der Waals surface area contributed by atoms with Crippen LogP contribution in [0.4, 0.5) is 4.39 Å². The van der Waals surface area contributed by atoms with Crippen LogP contribution in [0.5, 0.6) is 0 Å². The highest BCUT2D eigenvalue weighted by atomic mass is 19.1. The topological polar surface area (TPSA) is 76.5 Å². The minimum Gasteiger partial charge on any atom is -0.382 e. The van der Waals surface area contributed by atoms with Crippen LogP contribution in [0.25, 0.3) is 0 Å². The first-order valence-corrected chi connectivity index (χ1v) is 7.69. The maximum Gasteiger partial charge on any atom is 0.264 e. The number of benzene rings is 1. The summed E-state index contributed by atoms with van der Waals surface area (Å²) >= 11 is 0. The molecule has 2 aromatic rings. The summed E-state index contributed by atoms with van der Waals surface area (Å²) in [5, 5.41) is 6.77. The van der Waals surface area contributed by atoms with E-state index in [-0.39, 0.29) is 11.7 Å². The van der Waals surface area contributed by atoms with Crippen LogP contribution in [-0.4, -0.2) is 34.2 Å². The summed E-state index contributed by atoms with van der Waals surface area (Å²) < 4.78 is 12.9. The molecule has 1 N–H and O–H groups in total. The minimum atomic E-state index is -0.609. The van der Waals surface area contributed by atoms with Crippen LogP contribution in [0.3, 0.4) is 0 Å². The number of amides is 1. The van der Waals surface area contributed by atoms with Crippen molar-refractivity contribution in [3.8, 4) is 0 Å². The van der Waals surface area contributed by atoms with E-state index < -0.39 is 6.10 Å². The molecule has 124 valence electrons. The van der Waals surface area contributed by atoms with Crippen molar-refractivity contribution in [1.82, 2.24) is 15.3 Å². The van der Waals surface area contributed by atoms with Crippen LogP contribution in [0, 0.1) is 5.82 Å². The normalized spacial score (nSPS) is 16.4. The van der Waals surface area contributed by atoms with Gasteiger partial charge >= 0.3 is 0 Å². The van der Waals surface area contributed by atoms with Crippen molar-refractivity contribution in [2.45, 2.75) is 25.4 Å². The largest absolute Gasteiger partial charge is 0.382 e. The predicted octanol–water partition coefficient (Wildman–Crippen LogP) is 1.66. The Morgan fingerprint density at radius 3 is 2.88 bits per heavy atom. The van der Waals surface area contributed by atoms with E-state index in [0.717, 1.165) is 17.0 Å². The van der Waals surface area contributed by atoms with E-state index >= 15 is 0 Å². The molecule has 0 radical (unpaired) electrons. The maximum absolute atomic E-state index is 12.9. The Balaban J connectivity index is 1.42. The average Bonchev–Trinajstić information content (AvgIpc) is 3.06. The second-order valence-electron chi connectivity index (χ2n) is 5.50. The zero-order valence-electron chi connectivity index (χ0n) is 13.0. The van der Waals surface area contributed by atoms with Gasteiger partial charge in [0.1, 0.15) is 5.82 Å². The number of hydrogen-bond donors (Lipinski definition) is 1. The molecule has 6 nitrogen and oxygen atoms in total. The minimum absolute atomic E-state index is 0.197.